The number of halogens is 1. The first kappa shape index (κ1) is 17.5. The van der Waals surface area contributed by atoms with Crippen molar-refractivity contribution in [2.75, 3.05) is 26.2 Å². The molecule has 0 spiro atoms. The van der Waals surface area contributed by atoms with Crippen LogP contribution in [0.2, 0.25) is 5.02 Å². The van der Waals surface area contributed by atoms with Crippen molar-refractivity contribution in [1.29, 1.82) is 0 Å². The molecule has 3 aromatic rings. The first-order valence-corrected chi connectivity index (χ1v) is 9.38. The maximum absolute atomic E-state index is 6.31. The summed E-state index contributed by atoms with van der Waals surface area (Å²) in [6.07, 6.45) is 1.84. The van der Waals surface area contributed by atoms with E-state index in [4.69, 9.17) is 16.1 Å². The van der Waals surface area contributed by atoms with Gasteiger partial charge in [-0.2, -0.15) is 0 Å². The number of fused-ring (bicyclic) bond motifs is 1. The van der Waals surface area contributed by atoms with E-state index in [1.807, 2.05) is 38.2 Å². The molecule has 3 heterocycles. The van der Waals surface area contributed by atoms with Crippen molar-refractivity contribution in [2.45, 2.75) is 26.9 Å². The van der Waals surface area contributed by atoms with E-state index in [1.165, 1.54) is 11.1 Å². The molecule has 1 saturated heterocycles. The zero-order valence-corrected chi connectivity index (χ0v) is 16.0. The quantitative estimate of drug-likeness (QED) is 0.698. The second-order valence-electron chi connectivity index (χ2n) is 6.96. The van der Waals surface area contributed by atoms with E-state index >= 15 is 0 Å². The summed E-state index contributed by atoms with van der Waals surface area (Å²) in [6, 6.07) is 8.06. The highest BCUT2D eigenvalue weighted by atomic mass is 35.5. The van der Waals surface area contributed by atoms with Gasteiger partial charge in [-0.25, -0.2) is 0 Å². The molecule has 26 heavy (non-hydrogen) atoms. The molecule has 1 aliphatic heterocycles. The Morgan fingerprint density at radius 1 is 1.04 bits per heavy atom. The Kier molecular flexibility index (Phi) is 4.94. The molecule has 136 valence electrons. The van der Waals surface area contributed by atoms with Crippen LogP contribution in [0.3, 0.4) is 0 Å². The van der Waals surface area contributed by atoms with Crippen molar-refractivity contribution >= 4 is 22.5 Å². The van der Waals surface area contributed by atoms with Gasteiger partial charge in [0, 0.05) is 61.4 Å². The molecule has 1 aliphatic rings. The third-order valence-corrected chi connectivity index (χ3v) is 5.55. The molecule has 0 aliphatic carbocycles. The van der Waals surface area contributed by atoms with Gasteiger partial charge in [0.1, 0.15) is 5.76 Å². The Labute approximate surface area is 158 Å². The molecule has 1 fully saturated rings. The first-order valence-electron chi connectivity index (χ1n) is 9.00. The number of hydrogen-bond donors (Lipinski definition) is 0. The van der Waals surface area contributed by atoms with E-state index in [0.29, 0.717) is 0 Å². The third-order valence-electron chi connectivity index (χ3n) is 5.22. The summed E-state index contributed by atoms with van der Waals surface area (Å²) in [5.41, 5.74) is 4.48. The molecular weight excluding hydrogens is 348 g/mol. The average Bonchev–Trinajstić information content (AvgIpc) is 2.98. The largest absolute Gasteiger partial charge is 0.361 e. The van der Waals surface area contributed by atoms with Crippen LogP contribution in [-0.4, -0.2) is 46.1 Å². The number of aryl methyl sites for hydroxylation is 2. The van der Waals surface area contributed by atoms with Crippen molar-refractivity contribution in [3.05, 3.63) is 58.1 Å². The van der Waals surface area contributed by atoms with Gasteiger partial charge in [0.25, 0.3) is 0 Å². The van der Waals surface area contributed by atoms with Crippen LogP contribution in [0.4, 0.5) is 0 Å². The van der Waals surface area contributed by atoms with E-state index in [0.717, 1.165) is 66.6 Å². The minimum absolute atomic E-state index is 0.765. The Bertz CT molecular complexity index is 896. The Balaban J connectivity index is 1.41. The van der Waals surface area contributed by atoms with Crippen LogP contribution in [0.5, 0.6) is 0 Å². The molecule has 0 atom stereocenters. The summed E-state index contributed by atoms with van der Waals surface area (Å²) in [5.74, 6) is 0.934. The SMILES string of the molecule is Cc1noc(C)c1CN1CCN(Cc2ccc(Cl)c3cccnc23)CC1. The zero-order valence-electron chi connectivity index (χ0n) is 15.2. The maximum Gasteiger partial charge on any atom is 0.138 e. The molecule has 0 amide bonds. The lowest BCUT2D eigenvalue weighted by atomic mass is 10.1. The van der Waals surface area contributed by atoms with Gasteiger partial charge < -0.3 is 4.52 Å². The predicted molar refractivity (Wildman–Crippen MR) is 103 cm³/mol. The average molecular weight is 371 g/mol. The number of piperazine rings is 1. The zero-order chi connectivity index (χ0) is 18.1. The van der Waals surface area contributed by atoms with Crippen LogP contribution in [0, 0.1) is 13.8 Å². The lowest BCUT2D eigenvalue weighted by molar-refractivity contribution is 0.122. The number of pyridine rings is 1. The second-order valence-corrected chi connectivity index (χ2v) is 7.37. The summed E-state index contributed by atoms with van der Waals surface area (Å²) in [4.78, 5) is 9.51. The van der Waals surface area contributed by atoms with Gasteiger partial charge in [0.15, 0.2) is 0 Å². The van der Waals surface area contributed by atoms with Gasteiger partial charge in [-0.1, -0.05) is 22.8 Å². The normalized spacial score (nSPS) is 16.4. The summed E-state index contributed by atoms with van der Waals surface area (Å²) in [5, 5.41) is 5.85. The number of nitrogens with zero attached hydrogens (tertiary/aromatic N) is 4. The summed E-state index contributed by atoms with van der Waals surface area (Å²) >= 11 is 6.31. The van der Waals surface area contributed by atoms with Crippen LogP contribution in [0.1, 0.15) is 22.6 Å². The third kappa shape index (κ3) is 3.47. The van der Waals surface area contributed by atoms with Gasteiger partial charge in [0.05, 0.1) is 11.2 Å². The van der Waals surface area contributed by atoms with E-state index in [2.05, 4.69) is 26.0 Å². The summed E-state index contributed by atoms with van der Waals surface area (Å²) in [7, 11) is 0. The van der Waals surface area contributed by atoms with Crippen molar-refractivity contribution in [2.24, 2.45) is 0 Å². The molecule has 4 rings (SSSR count). The number of rotatable bonds is 4. The summed E-state index contributed by atoms with van der Waals surface area (Å²) < 4.78 is 5.28. The van der Waals surface area contributed by atoms with E-state index in [9.17, 15) is 0 Å². The molecule has 0 radical (unpaired) electrons. The molecule has 0 N–H and O–H groups in total. The van der Waals surface area contributed by atoms with Crippen molar-refractivity contribution in [3.63, 3.8) is 0 Å². The van der Waals surface area contributed by atoms with Gasteiger partial charge >= 0.3 is 0 Å². The highest BCUT2D eigenvalue weighted by molar-refractivity contribution is 6.35. The molecule has 6 heteroatoms. The van der Waals surface area contributed by atoms with Crippen LogP contribution in [0.25, 0.3) is 10.9 Å². The highest BCUT2D eigenvalue weighted by Gasteiger charge is 2.20. The molecule has 2 aromatic heterocycles. The predicted octanol–water partition coefficient (Wildman–Crippen LogP) is 3.81. The fourth-order valence-electron chi connectivity index (χ4n) is 3.62. The summed E-state index contributed by atoms with van der Waals surface area (Å²) in [6.45, 7) is 10.0. The van der Waals surface area contributed by atoms with E-state index in [1.54, 1.807) is 0 Å². The van der Waals surface area contributed by atoms with Crippen molar-refractivity contribution < 1.29 is 4.52 Å². The Morgan fingerprint density at radius 3 is 2.46 bits per heavy atom. The maximum atomic E-state index is 6.31. The minimum Gasteiger partial charge on any atom is -0.361 e. The number of hydrogen-bond acceptors (Lipinski definition) is 5. The lowest BCUT2D eigenvalue weighted by Gasteiger charge is -2.34. The van der Waals surface area contributed by atoms with Crippen LogP contribution in [0.15, 0.2) is 35.0 Å². The van der Waals surface area contributed by atoms with Gasteiger partial charge in [-0.3, -0.25) is 14.8 Å². The minimum atomic E-state index is 0.765. The first-order chi connectivity index (χ1) is 12.6. The second kappa shape index (κ2) is 7.35. The lowest BCUT2D eigenvalue weighted by Crippen LogP contribution is -2.45. The van der Waals surface area contributed by atoms with Gasteiger partial charge in [-0.15, -0.1) is 0 Å². The molecular formula is C20H23ClN4O. The molecule has 0 bridgehead atoms. The van der Waals surface area contributed by atoms with E-state index in [-0.39, 0.29) is 0 Å². The van der Waals surface area contributed by atoms with Crippen LogP contribution in [-0.2, 0) is 13.1 Å². The fraction of sp³-hybridized carbons (Fsp3) is 0.400. The molecule has 0 saturated carbocycles. The smallest absolute Gasteiger partial charge is 0.138 e. The van der Waals surface area contributed by atoms with Crippen molar-refractivity contribution in [3.8, 4) is 0 Å². The monoisotopic (exact) mass is 370 g/mol. The Morgan fingerprint density at radius 2 is 1.77 bits per heavy atom. The van der Waals surface area contributed by atoms with Crippen molar-refractivity contribution in [1.82, 2.24) is 19.9 Å². The number of aromatic nitrogens is 2. The van der Waals surface area contributed by atoms with Gasteiger partial charge in [-0.05, 0) is 37.6 Å². The standard InChI is InChI=1S/C20H23ClN4O/c1-14-18(15(2)26-23-14)13-25-10-8-24(9-11-25)12-16-5-6-19(21)17-4-3-7-22-20(16)17/h3-7H,8-13H2,1-2H3. The molecule has 0 unspecified atom stereocenters. The molecule has 5 nitrogen and oxygen atoms in total. The van der Waals surface area contributed by atoms with Crippen LogP contribution < -0.4 is 0 Å². The fourth-order valence-corrected chi connectivity index (χ4v) is 3.84. The Hall–Kier alpha value is -1.95. The highest BCUT2D eigenvalue weighted by Crippen LogP contribution is 2.26. The molecule has 1 aromatic carbocycles. The van der Waals surface area contributed by atoms with E-state index < -0.39 is 0 Å². The van der Waals surface area contributed by atoms with Gasteiger partial charge in [0.2, 0.25) is 0 Å². The van der Waals surface area contributed by atoms with Crippen LogP contribution >= 0.6 is 11.6 Å². The number of benzene rings is 1. The topological polar surface area (TPSA) is 45.4 Å².